The lowest BCUT2D eigenvalue weighted by molar-refractivity contribution is -0.386. The van der Waals surface area contributed by atoms with Gasteiger partial charge in [-0.25, -0.2) is 0 Å². The van der Waals surface area contributed by atoms with E-state index < -0.39 is 11.0 Å². The number of hydrogen-bond acceptors (Lipinski definition) is 4. The maximum Gasteiger partial charge on any atom is 0.311 e. The molecule has 0 heterocycles. The summed E-state index contributed by atoms with van der Waals surface area (Å²) in [6, 6.07) is 6.62. The minimum Gasteiger partial charge on any atom is -0.469 e. The third-order valence-electron chi connectivity index (χ3n) is 2.11. The van der Waals surface area contributed by atoms with Crippen molar-refractivity contribution in [3.05, 3.63) is 33.9 Å². The molecule has 0 aliphatic heterocycles. The number of nitriles is 1. The van der Waals surface area contributed by atoms with Crippen LogP contribution in [0.1, 0.15) is 19.4 Å². The van der Waals surface area contributed by atoms with Crippen molar-refractivity contribution < 1.29 is 9.66 Å². The maximum atomic E-state index is 10.8. The zero-order valence-electron chi connectivity index (χ0n) is 9.14. The van der Waals surface area contributed by atoms with Gasteiger partial charge in [-0.3, -0.25) is 10.1 Å². The molecule has 0 saturated carbocycles. The summed E-state index contributed by atoms with van der Waals surface area (Å²) in [6.07, 6.45) is 0.0146. The highest BCUT2D eigenvalue weighted by molar-refractivity contribution is 5.49. The van der Waals surface area contributed by atoms with Gasteiger partial charge in [0.25, 0.3) is 0 Å². The monoisotopic (exact) mass is 220 g/mol. The fourth-order valence-electron chi connectivity index (χ4n) is 1.24. The van der Waals surface area contributed by atoms with Crippen molar-refractivity contribution >= 4 is 5.69 Å². The van der Waals surface area contributed by atoms with Crippen molar-refractivity contribution in [1.82, 2.24) is 0 Å². The minimum atomic E-state index is -0.703. The van der Waals surface area contributed by atoms with Crippen LogP contribution in [0.25, 0.3) is 0 Å². The van der Waals surface area contributed by atoms with Crippen LogP contribution in [-0.2, 0) is 6.42 Å². The Morgan fingerprint density at radius 2 is 2.31 bits per heavy atom. The second kappa shape index (κ2) is 5.12. The van der Waals surface area contributed by atoms with E-state index in [1.807, 2.05) is 13.0 Å². The number of ether oxygens (including phenoxy) is 1. The second-order valence-corrected chi connectivity index (χ2v) is 3.30. The van der Waals surface area contributed by atoms with Gasteiger partial charge in [-0.05, 0) is 25.0 Å². The molecule has 16 heavy (non-hydrogen) atoms. The Morgan fingerprint density at radius 3 is 2.81 bits per heavy atom. The number of aryl methyl sites for hydroxylation is 1. The van der Waals surface area contributed by atoms with Gasteiger partial charge in [-0.1, -0.05) is 13.0 Å². The molecular weight excluding hydrogens is 208 g/mol. The van der Waals surface area contributed by atoms with Crippen LogP contribution >= 0.6 is 0 Å². The van der Waals surface area contributed by atoms with Crippen molar-refractivity contribution in [3.8, 4) is 11.8 Å². The van der Waals surface area contributed by atoms with E-state index in [0.29, 0.717) is 0 Å². The SMILES string of the molecule is CCc1ccc(OC(C)C#N)c([N+](=O)[O-])c1. The summed E-state index contributed by atoms with van der Waals surface area (Å²) in [5, 5.41) is 19.4. The summed E-state index contributed by atoms with van der Waals surface area (Å²) in [5.74, 6) is 0.135. The van der Waals surface area contributed by atoms with Crippen LogP contribution in [0.5, 0.6) is 5.75 Å². The van der Waals surface area contributed by atoms with Gasteiger partial charge in [0.15, 0.2) is 11.9 Å². The lowest BCUT2D eigenvalue weighted by Crippen LogP contribution is -2.09. The van der Waals surface area contributed by atoms with Gasteiger partial charge in [-0.2, -0.15) is 5.26 Å². The van der Waals surface area contributed by atoms with Gasteiger partial charge in [0, 0.05) is 6.07 Å². The van der Waals surface area contributed by atoms with E-state index >= 15 is 0 Å². The third-order valence-corrected chi connectivity index (χ3v) is 2.11. The Labute approximate surface area is 93.4 Å². The summed E-state index contributed by atoms with van der Waals surface area (Å²) in [7, 11) is 0. The molecule has 1 aromatic carbocycles. The standard InChI is InChI=1S/C11H12N2O3/c1-3-9-4-5-11(16-8(2)7-12)10(6-9)13(14)15/h4-6,8H,3H2,1-2H3. The third kappa shape index (κ3) is 2.70. The predicted molar refractivity (Wildman–Crippen MR) is 58.2 cm³/mol. The molecule has 0 aliphatic carbocycles. The Bertz CT molecular complexity index is 437. The Kier molecular flexibility index (Phi) is 3.84. The molecular formula is C11H12N2O3. The zero-order chi connectivity index (χ0) is 12.1. The summed E-state index contributed by atoms with van der Waals surface area (Å²) in [6.45, 7) is 3.45. The van der Waals surface area contributed by atoms with E-state index in [0.717, 1.165) is 12.0 Å². The van der Waals surface area contributed by atoms with Gasteiger partial charge in [0.05, 0.1) is 4.92 Å². The average Bonchev–Trinajstić information content (AvgIpc) is 2.29. The molecule has 0 aromatic heterocycles. The summed E-state index contributed by atoms with van der Waals surface area (Å²) >= 11 is 0. The number of nitrogens with zero attached hydrogens (tertiary/aromatic N) is 2. The van der Waals surface area contributed by atoms with Crippen LogP contribution < -0.4 is 4.74 Å². The topological polar surface area (TPSA) is 76.2 Å². The van der Waals surface area contributed by atoms with Crippen LogP contribution in [0.2, 0.25) is 0 Å². The molecule has 5 heteroatoms. The molecule has 0 saturated heterocycles. The highest BCUT2D eigenvalue weighted by Crippen LogP contribution is 2.28. The van der Waals surface area contributed by atoms with E-state index in [-0.39, 0.29) is 11.4 Å². The number of nitro groups is 1. The second-order valence-electron chi connectivity index (χ2n) is 3.30. The Morgan fingerprint density at radius 1 is 1.62 bits per heavy atom. The minimum absolute atomic E-state index is 0.0959. The van der Waals surface area contributed by atoms with Crippen LogP contribution in [-0.4, -0.2) is 11.0 Å². The zero-order valence-corrected chi connectivity index (χ0v) is 9.14. The van der Waals surface area contributed by atoms with E-state index in [4.69, 9.17) is 10.00 Å². The molecule has 1 atom stereocenters. The van der Waals surface area contributed by atoms with Gasteiger partial charge in [0.2, 0.25) is 0 Å². The van der Waals surface area contributed by atoms with Crippen molar-refractivity contribution in [2.45, 2.75) is 26.4 Å². The molecule has 1 aromatic rings. The highest BCUT2D eigenvalue weighted by atomic mass is 16.6. The molecule has 0 fully saturated rings. The molecule has 0 bridgehead atoms. The first-order valence-corrected chi connectivity index (χ1v) is 4.92. The first-order chi connectivity index (χ1) is 7.58. The van der Waals surface area contributed by atoms with E-state index in [1.165, 1.54) is 19.1 Å². The van der Waals surface area contributed by atoms with Gasteiger partial charge < -0.3 is 4.74 Å². The van der Waals surface area contributed by atoms with Crippen LogP contribution in [0, 0.1) is 21.4 Å². The van der Waals surface area contributed by atoms with E-state index in [9.17, 15) is 10.1 Å². The number of nitro benzene ring substituents is 1. The summed E-state index contributed by atoms with van der Waals surface area (Å²) < 4.78 is 5.15. The van der Waals surface area contributed by atoms with Gasteiger partial charge in [-0.15, -0.1) is 0 Å². The van der Waals surface area contributed by atoms with Crippen LogP contribution in [0.3, 0.4) is 0 Å². The molecule has 84 valence electrons. The normalized spacial score (nSPS) is 11.6. The first kappa shape index (κ1) is 12.0. The van der Waals surface area contributed by atoms with Gasteiger partial charge in [0.1, 0.15) is 6.07 Å². The molecule has 5 nitrogen and oxygen atoms in total. The lowest BCUT2D eigenvalue weighted by Gasteiger charge is -2.08. The first-order valence-electron chi connectivity index (χ1n) is 4.92. The lowest BCUT2D eigenvalue weighted by atomic mass is 10.1. The van der Waals surface area contributed by atoms with Crippen molar-refractivity contribution in [3.63, 3.8) is 0 Å². The smallest absolute Gasteiger partial charge is 0.311 e. The summed E-state index contributed by atoms with van der Waals surface area (Å²) in [5.41, 5.74) is 0.769. The fraction of sp³-hybridized carbons (Fsp3) is 0.364. The molecule has 0 spiro atoms. The number of benzene rings is 1. The fourth-order valence-corrected chi connectivity index (χ4v) is 1.24. The van der Waals surface area contributed by atoms with E-state index in [1.54, 1.807) is 6.07 Å². The molecule has 0 aliphatic rings. The molecule has 0 radical (unpaired) electrons. The Hall–Kier alpha value is -2.09. The van der Waals surface area contributed by atoms with Crippen LogP contribution in [0.4, 0.5) is 5.69 Å². The predicted octanol–water partition coefficient (Wildman–Crippen LogP) is 2.45. The van der Waals surface area contributed by atoms with Crippen LogP contribution in [0.15, 0.2) is 18.2 Å². The van der Waals surface area contributed by atoms with Crippen molar-refractivity contribution in [2.24, 2.45) is 0 Å². The highest BCUT2D eigenvalue weighted by Gasteiger charge is 2.17. The average molecular weight is 220 g/mol. The van der Waals surface area contributed by atoms with Crippen molar-refractivity contribution in [1.29, 1.82) is 5.26 Å². The molecule has 0 N–H and O–H groups in total. The molecule has 0 amide bonds. The summed E-state index contributed by atoms with van der Waals surface area (Å²) in [4.78, 5) is 10.3. The molecule has 1 unspecified atom stereocenters. The molecule has 1 rings (SSSR count). The Balaban J connectivity index is 3.09. The number of rotatable bonds is 4. The largest absolute Gasteiger partial charge is 0.469 e. The van der Waals surface area contributed by atoms with Gasteiger partial charge >= 0.3 is 5.69 Å². The number of hydrogen-bond donors (Lipinski definition) is 0. The maximum absolute atomic E-state index is 10.8. The van der Waals surface area contributed by atoms with Crippen molar-refractivity contribution in [2.75, 3.05) is 0 Å². The quantitative estimate of drug-likeness (QED) is 0.576. The van der Waals surface area contributed by atoms with E-state index in [2.05, 4.69) is 0 Å².